The highest BCUT2D eigenvalue weighted by Crippen LogP contribution is 2.31. The summed E-state index contributed by atoms with van der Waals surface area (Å²) in [6.45, 7) is 1.57. The molecule has 31 heavy (non-hydrogen) atoms. The number of para-hydroxylation sites is 1. The molecular weight excluding hydrogens is 458 g/mol. The summed E-state index contributed by atoms with van der Waals surface area (Å²) < 4.78 is 54.3. The Morgan fingerprint density at radius 1 is 0.968 bits per heavy atom. The minimum absolute atomic E-state index is 0.0356. The van der Waals surface area contributed by atoms with Gasteiger partial charge >= 0.3 is 0 Å². The van der Waals surface area contributed by atoms with Crippen LogP contribution in [-0.4, -0.2) is 34.6 Å². The van der Waals surface area contributed by atoms with Gasteiger partial charge in [-0.25, -0.2) is 16.8 Å². The van der Waals surface area contributed by atoms with E-state index in [1.165, 1.54) is 36.5 Å². The highest BCUT2D eigenvalue weighted by atomic mass is 35.5. The lowest BCUT2D eigenvalue weighted by Crippen LogP contribution is -2.32. The first-order chi connectivity index (χ1) is 14.7. The largest absolute Gasteiger partial charge is 0.268 e. The van der Waals surface area contributed by atoms with Gasteiger partial charge in [0.05, 0.1) is 33.6 Å². The summed E-state index contributed by atoms with van der Waals surface area (Å²) in [6, 6.07) is 15.9. The first kappa shape index (κ1) is 23.1. The van der Waals surface area contributed by atoms with Gasteiger partial charge in [-0.05, 0) is 48.9 Å². The second kappa shape index (κ2) is 9.25. The van der Waals surface area contributed by atoms with Crippen molar-refractivity contribution in [1.82, 2.24) is 4.98 Å². The van der Waals surface area contributed by atoms with Crippen molar-refractivity contribution < 1.29 is 16.8 Å². The number of rotatable bonds is 8. The van der Waals surface area contributed by atoms with Crippen molar-refractivity contribution in [2.45, 2.75) is 18.4 Å². The third-order valence-corrected chi connectivity index (χ3v) is 8.53. The molecule has 2 aromatic carbocycles. The van der Waals surface area contributed by atoms with Crippen LogP contribution in [0.3, 0.4) is 0 Å². The van der Waals surface area contributed by atoms with E-state index in [9.17, 15) is 16.8 Å². The molecule has 0 aliphatic heterocycles. The van der Waals surface area contributed by atoms with Gasteiger partial charge in [0.15, 0.2) is 0 Å². The zero-order chi connectivity index (χ0) is 22.6. The van der Waals surface area contributed by atoms with Crippen molar-refractivity contribution in [2.75, 3.05) is 21.4 Å². The quantitative estimate of drug-likeness (QED) is 0.488. The molecule has 3 rings (SSSR count). The predicted octanol–water partition coefficient (Wildman–Crippen LogP) is 3.92. The molecule has 0 saturated carbocycles. The van der Waals surface area contributed by atoms with Crippen LogP contribution in [0, 0.1) is 0 Å². The summed E-state index contributed by atoms with van der Waals surface area (Å²) in [4.78, 5) is 3.98. The van der Waals surface area contributed by atoms with E-state index < -0.39 is 20.0 Å². The Bertz CT molecular complexity index is 1270. The third-order valence-electron chi connectivity index (χ3n) is 4.71. The minimum atomic E-state index is -3.98. The van der Waals surface area contributed by atoms with Gasteiger partial charge in [-0.15, -0.1) is 0 Å². The summed E-state index contributed by atoms with van der Waals surface area (Å²) in [6.07, 6.45) is 3.17. The van der Waals surface area contributed by atoms with E-state index in [1.54, 1.807) is 54.9 Å². The monoisotopic (exact) mass is 479 g/mol. The number of benzene rings is 2. The zero-order valence-corrected chi connectivity index (χ0v) is 19.4. The number of nitrogens with zero attached hydrogens (tertiary/aromatic N) is 3. The third kappa shape index (κ3) is 5.00. The Labute approximate surface area is 188 Å². The Kier molecular flexibility index (Phi) is 6.88. The number of hydrogen-bond donors (Lipinski definition) is 0. The number of hydrogen-bond acceptors (Lipinski definition) is 5. The van der Waals surface area contributed by atoms with Gasteiger partial charge in [-0.1, -0.05) is 35.9 Å². The van der Waals surface area contributed by atoms with E-state index >= 15 is 0 Å². The Morgan fingerprint density at radius 2 is 1.71 bits per heavy atom. The second-order valence-corrected chi connectivity index (χ2v) is 11.2. The highest BCUT2D eigenvalue weighted by Gasteiger charge is 2.26. The lowest BCUT2D eigenvalue weighted by Gasteiger charge is -2.25. The smallest absolute Gasteiger partial charge is 0.264 e. The summed E-state index contributed by atoms with van der Waals surface area (Å²) in [5, 5.41) is 0.288. The summed E-state index contributed by atoms with van der Waals surface area (Å²) in [5.74, 6) is -0.135. The van der Waals surface area contributed by atoms with Crippen LogP contribution in [0.1, 0.15) is 12.5 Å². The van der Waals surface area contributed by atoms with Gasteiger partial charge < -0.3 is 0 Å². The maximum Gasteiger partial charge on any atom is 0.264 e. The molecule has 10 heteroatoms. The molecule has 3 aromatic rings. The average molecular weight is 480 g/mol. The van der Waals surface area contributed by atoms with Crippen LogP contribution in [0.2, 0.25) is 5.02 Å². The number of aromatic nitrogens is 1. The van der Waals surface area contributed by atoms with Gasteiger partial charge in [0, 0.05) is 19.4 Å². The van der Waals surface area contributed by atoms with Gasteiger partial charge in [-0.3, -0.25) is 13.6 Å². The van der Waals surface area contributed by atoms with Crippen molar-refractivity contribution in [2.24, 2.45) is 0 Å². The molecule has 0 aliphatic carbocycles. The number of halogens is 1. The lowest BCUT2D eigenvalue weighted by atomic mass is 10.2. The normalized spacial score (nSPS) is 11.8. The number of sulfonamides is 2. The van der Waals surface area contributed by atoms with Crippen LogP contribution in [-0.2, 0) is 26.6 Å². The van der Waals surface area contributed by atoms with E-state index in [1.807, 2.05) is 0 Å². The van der Waals surface area contributed by atoms with Crippen molar-refractivity contribution in [3.63, 3.8) is 0 Å². The molecule has 0 radical (unpaired) electrons. The molecule has 0 spiro atoms. The molecule has 0 fully saturated rings. The van der Waals surface area contributed by atoms with Gasteiger partial charge in [0.1, 0.15) is 0 Å². The topological polar surface area (TPSA) is 87.6 Å². The summed E-state index contributed by atoms with van der Waals surface area (Å²) >= 11 is 6.16. The molecule has 164 valence electrons. The van der Waals surface area contributed by atoms with E-state index in [-0.39, 0.29) is 27.9 Å². The molecule has 0 N–H and O–H groups in total. The molecule has 1 heterocycles. The first-order valence-corrected chi connectivity index (χ1v) is 12.8. The highest BCUT2D eigenvalue weighted by molar-refractivity contribution is 7.93. The van der Waals surface area contributed by atoms with Crippen LogP contribution in [0.25, 0.3) is 0 Å². The average Bonchev–Trinajstić information content (AvgIpc) is 2.78. The molecule has 0 amide bonds. The minimum Gasteiger partial charge on any atom is -0.268 e. The van der Waals surface area contributed by atoms with Crippen LogP contribution >= 0.6 is 11.6 Å². The molecule has 0 saturated heterocycles. The van der Waals surface area contributed by atoms with E-state index in [0.717, 1.165) is 4.31 Å². The molecular formula is C21H22ClN3O4S2. The zero-order valence-electron chi connectivity index (χ0n) is 17.0. The fourth-order valence-electron chi connectivity index (χ4n) is 2.96. The van der Waals surface area contributed by atoms with E-state index in [4.69, 9.17) is 11.6 Å². The fourth-order valence-corrected chi connectivity index (χ4v) is 5.62. The van der Waals surface area contributed by atoms with Crippen molar-refractivity contribution in [3.05, 3.63) is 83.6 Å². The van der Waals surface area contributed by atoms with Crippen LogP contribution in [0.15, 0.2) is 78.0 Å². The Hall–Kier alpha value is -2.62. The van der Waals surface area contributed by atoms with Crippen molar-refractivity contribution >= 4 is 43.0 Å². The lowest BCUT2D eigenvalue weighted by molar-refractivity contribution is 0.589. The van der Waals surface area contributed by atoms with Crippen LogP contribution < -0.4 is 8.61 Å². The maximum absolute atomic E-state index is 13.2. The molecule has 1 aromatic heterocycles. The maximum atomic E-state index is 13.2. The standard InChI is InChI=1S/C21H22ClN3O4S2/c1-3-30(26,27)25(16-17-8-7-13-23-15-17)18-9-6-10-19(14-18)31(28,29)24(2)21-12-5-4-11-20(21)22/h4-15H,3,16H2,1-2H3. The molecule has 0 atom stereocenters. The summed E-state index contributed by atoms with van der Waals surface area (Å²) in [5.41, 5.74) is 1.25. The van der Waals surface area contributed by atoms with Crippen molar-refractivity contribution in [1.29, 1.82) is 0 Å². The Balaban J connectivity index is 2.04. The van der Waals surface area contributed by atoms with E-state index in [2.05, 4.69) is 4.98 Å². The molecule has 0 aliphatic rings. The first-order valence-electron chi connectivity index (χ1n) is 9.39. The second-order valence-electron chi connectivity index (χ2n) is 6.69. The molecule has 7 nitrogen and oxygen atoms in total. The van der Waals surface area contributed by atoms with Gasteiger partial charge in [-0.2, -0.15) is 0 Å². The summed E-state index contributed by atoms with van der Waals surface area (Å²) in [7, 11) is -6.26. The van der Waals surface area contributed by atoms with Crippen LogP contribution in [0.4, 0.5) is 11.4 Å². The Morgan fingerprint density at radius 3 is 2.35 bits per heavy atom. The molecule has 0 bridgehead atoms. The van der Waals surface area contributed by atoms with Gasteiger partial charge in [0.25, 0.3) is 10.0 Å². The SMILES string of the molecule is CCS(=O)(=O)N(Cc1cccnc1)c1cccc(S(=O)(=O)N(C)c2ccccc2Cl)c1. The van der Waals surface area contributed by atoms with Crippen LogP contribution in [0.5, 0.6) is 0 Å². The number of pyridine rings is 1. The fraction of sp³-hybridized carbons (Fsp3) is 0.190. The predicted molar refractivity (Wildman–Crippen MR) is 123 cm³/mol. The van der Waals surface area contributed by atoms with E-state index in [0.29, 0.717) is 11.3 Å². The van der Waals surface area contributed by atoms with Gasteiger partial charge in [0.2, 0.25) is 10.0 Å². The molecule has 0 unspecified atom stereocenters. The number of anilines is 2. The van der Waals surface area contributed by atoms with Crippen molar-refractivity contribution in [3.8, 4) is 0 Å².